The molecule has 0 aromatic heterocycles. The van der Waals surface area contributed by atoms with Gasteiger partial charge in [0.25, 0.3) is 0 Å². The predicted molar refractivity (Wildman–Crippen MR) is 89.7 cm³/mol. The van der Waals surface area contributed by atoms with Crippen molar-refractivity contribution >= 4 is 40.7 Å². The van der Waals surface area contributed by atoms with Gasteiger partial charge in [0, 0.05) is 29.4 Å². The number of quaternary nitrogens is 1. The van der Waals surface area contributed by atoms with Gasteiger partial charge in [0.1, 0.15) is 22.1 Å². The molecule has 5 aliphatic heterocycles. The van der Waals surface area contributed by atoms with E-state index < -0.39 is 0 Å². The quantitative estimate of drug-likeness (QED) is 0.642. The Labute approximate surface area is 141 Å². The molecule has 1 saturated heterocycles. The van der Waals surface area contributed by atoms with Crippen LogP contribution in [0.4, 0.5) is 11.4 Å². The maximum absolute atomic E-state index is 12.8. The number of fused-ring (bicyclic) bond motifs is 3. The van der Waals surface area contributed by atoms with Crippen LogP contribution in [0.25, 0.3) is 5.57 Å². The van der Waals surface area contributed by atoms with Crippen LogP contribution < -0.4 is 15.5 Å². The molecule has 5 heterocycles. The first-order valence-electron chi connectivity index (χ1n) is 8.51. The summed E-state index contributed by atoms with van der Waals surface area (Å²) in [6.07, 6.45) is 6.55. The molecule has 1 aliphatic carbocycles. The highest BCUT2D eigenvalue weighted by atomic mass is 32.2. The summed E-state index contributed by atoms with van der Waals surface area (Å²) in [7, 11) is 0. The molecule has 2 N–H and O–H groups in total. The molecule has 2 unspecified atom stereocenters. The standard InChI is InChI=1S/C18H13N3O2S/c22-9-3-10-18-4-8(9)21-2-1-7-6-19-14-12(7)16(21)13(18)15(17(14)23)20-11(5-18)24-10/h3,6,8,11,23H,1-2,4-5H2/p+1/t8-,11+,18?/m0/s1. The number of hydrogen-bond donors (Lipinski definition) is 2. The van der Waals surface area contributed by atoms with Crippen molar-refractivity contribution in [3.8, 4) is 5.75 Å². The van der Waals surface area contributed by atoms with E-state index in [2.05, 4.69) is 4.99 Å². The largest absolute Gasteiger partial charge is 0.504 e. The van der Waals surface area contributed by atoms with E-state index in [-0.39, 0.29) is 28.4 Å². The average molecular weight is 336 g/mol. The van der Waals surface area contributed by atoms with Gasteiger partial charge < -0.3 is 5.11 Å². The van der Waals surface area contributed by atoms with E-state index in [0.29, 0.717) is 5.69 Å². The number of carbonyl (C=O) groups is 1. The van der Waals surface area contributed by atoms with Crippen LogP contribution in [-0.2, 0) is 10.2 Å². The van der Waals surface area contributed by atoms with Gasteiger partial charge in [-0.2, -0.15) is 0 Å². The van der Waals surface area contributed by atoms with E-state index in [1.165, 1.54) is 26.6 Å². The summed E-state index contributed by atoms with van der Waals surface area (Å²) in [6.45, 7) is 0.928. The molecule has 3 bridgehead atoms. The number of allylic oxidation sites excluding steroid dienone is 1. The molecular formula is C18H14N3O2S+. The van der Waals surface area contributed by atoms with Crippen molar-refractivity contribution in [2.45, 2.75) is 36.1 Å². The molecule has 7 rings (SSSR count). The molecule has 6 aliphatic rings. The molecule has 0 radical (unpaired) electrons. The Balaban J connectivity index is 1.78. The average Bonchev–Trinajstić information content (AvgIpc) is 3.11. The van der Waals surface area contributed by atoms with Gasteiger partial charge >= 0.3 is 0 Å². The normalized spacial score (nSPS) is 38.3. The van der Waals surface area contributed by atoms with Crippen molar-refractivity contribution < 1.29 is 14.8 Å². The number of thioether (sulfide) groups is 1. The van der Waals surface area contributed by atoms with Crippen molar-refractivity contribution in [2.24, 2.45) is 9.98 Å². The minimum absolute atomic E-state index is 0.0161. The van der Waals surface area contributed by atoms with E-state index in [1.807, 2.05) is 12.3 Å². The molecular weight excluding hydrogens is 322 g/mol. The lowest BCUT2D eigenvalue weighted by molar-refractivity contribution is -0.855. The SMILES string of the molecule is O=C1C=C2S[C@@H]3CC24C[C@@H]1[NH+]1CCC2=c5c(c(O)c(c4c51)=N3)N=C2. The molecule has 0 amide bonds. The predicted octanol–water partition coefficient (Wildman–Crippen LogP) is -0.248. The van der Waals surface area contributed by atoms with Gasteiger partial charge in [0.2, 0.25) is 5.78 Å². The lowest BCUT2D eigenvalue weighted by Gasteiger charge is -2.47. The second-order valence-electron chi connectivity index (χ2n) is 7.63. The Morgan fingerprint density at radius 1 is 1.38 bits per heavy atom. The third-order valence-corrected chi connectivity index (χ3v) is 7.98. The summed E-state index contributed by atoms with van der Waals surface area (Å²) in [5, 5.41) is 12.9. The Kier molecular flexibility index (Phi) is 1.83. The third kappa shape index (κ3) is 1.09. The Bertz CT molecular complexity index is 1100. The van der Waals surface area contributed by atoms with Crippen LogP contribution in [0.3, 0.4) is 0 Å². The molecule has 1 fully saturated rings. The first-order chi connectivity index (χ1) is 11.7. The number of aromatic hydroxyl groups is 1. The first-order valence-corrected chi connectivity index (χ1v) is 9.38. The molecule has 0 saturated carbocycles. The molecule has 24 heavy (non-hydrogen) atoms. The second-order valence-corrected chi connectivity index (χ2v) is 8.85. The van der Waals surface area contributed by atoms with E-state index in [0.717, 1.165) is 36.4 Å². The summed E-state index contributed by atoms with van der Waals surface area (Å²) in [5.41, 5.74) is 4.22. The highest BCUT2D eigenvalue weighted by Crippen LogP contribution is 2.60. The number of hydrogen-bond acceptors (Lipinski definition) is 5. The van der Waals surface area contributed by atoms with Gasteiger partial charge in [-0.3, -0.25) is 19.7 Å². The molecule has 5 nitrogen and oxygen atoms in total. The van der Waals surface area contributed by atoms with Gasteiger partial charge in [-0.25, -0.2) is 0 Å². The zero-order valence-corrected chi connectivity index (χ0v) is 13.6. The zero-order valence-electron chi connectivity index (χ0n) is 12.8. The fraction of sp³-hybridized carbons (Fsp3) is 0.389. The minimum Gasteiger partial charge on any atom is -0.504 e. The van der Waals surface area contributed by atoms with Gasteiger partial charge in [-0.1, -0.05) is 0 Å². The smallest absolute Gasteiger partial charge is 0.214 e. The van der Waals surface area contributed by atoms with Crippen molar-refractivity contribution in [3.63, 3.8) is 0 Å². The van der Waals surface area contributed by atoms with Gasteiger partial charge in [0.05, 0.1) is 17.3 Å². The van der Waals surface area contributed by atoms with Crippen molar-refractivity contribution in [3.05, 3.63) is 27.1 Å². The Hall–Kier alpha value is -1.92. The molecule has 118 valence electrons. The highest BCUT2D eigenvalue weighted by molar-refractivity contribution is 8.04. The fourth-order valence-electron chi connectivity index (χ4n) is 5.77. The van der Waals surface area contributed by atoms with Crippen LogP contribution in [0.2, 0.25) is 0 Å². The number of aliphatic imine (C=N–C) groups is 1. The maximum Gasteiger partial charge on any atom is 0.214 e. The number of phenols is 1. The van der Waals surface area contributed by atoms with Crippen LogP contribution >= 0.6 is 11.8 Å². The third-order valence-electron chi connectivity index (χ3n) is 6.68. The van der Waals surface area contributed by atoms with Gasteiger partial charge in [0.15, 0.2) is 11.8 Å². The molecule has 4 atom stereocenters. The molecule has 1 aromatic rings. The van der Waals surface area contributed by atoms with E-state index in [9.17, 15) is 9.90 Å². The van der Waals surface area contributed by atoms with E-state index >= 15 is 0 Å². The number of carbonyl (C=O) groups excluding carboxylic acids is 1. The number of benzene rings is 1. The van der Waals surface area contributed by atoms with Crippen LogP contribution in [0.1, 0.15) is 24.8 Å². The Morgan fingerprint density at radius 2 is 2.29 bits per heavy atom. The second kappa shape index (κ2) is 3.53. The summed E-state index contributed by atoms with van der Waals surface area (Å²) >= 11 is 1.72. The van der Waals surface area contributed by atoms with E-state index in [4.69, 9.17) is 4.99 Å². The molecule has 1 aromatic carbocycles. The number of phenolic OH excluding ortho intramolecular Hbond substituents is 1. The van der Waals surface area contributed by atoms with Crippen LogP contribution in [0, 0.1) is 0 Å². The van der Waals surface area contributed by atoms with Crippen molar-refractivity contribution in [1.29, 1.82) is 0 Å². The van der Waals surface area contributed by atoms with Gasteiger partial charge in [-0.15, -0.1) is 11.8 Å². The summed E-state index contributed by atoms with van der Waals surface area (Å²) < 4.78 is 0. The summed E-state index contributed by atoms with van der Waals surface area (Å²) in [5.74, 6) is 0.514. The van der Waals surface area contributed by atoms with Crippen LogP contribution in [0.5, 0.6) is 5.75 Å². The topological polar surface area (TPSA) is 66.5 Å². The minimum atomic E-state index is -0.0959. The van der Waals surface area contributed by atoms with Crippen LogP contribution in [0.15, 0.2) is 21.0 Å². The monoisotopic (exact) mass is 336 g/mol. The fourth-order valence-corrected chi connectivity index (χ4v) is 7.27. The maximum atomic E-state index is 12.8. The Morgan fingerprint density at radius 3 is 3.21 bits per heavy atom. The molecule has 6 heteroatoms. The van der Waals surface area contributed by atoms with Crippen molar-refractivity contribution in [1.82, 2.24) is 0 Å². The number of rotatable bonds is 0. The van der Waals surface area contributed by atoms with Crippen molar-refractivity contribution in [2.75, 3.05) is 6.54 Å². The number of nitrogens with one attached hydrogen (secondary N) is 1. The summed E-state index contributed by atoms with van der Waals surface area (Å²) in [6, 6.07) is 0.0161. The van der Waals surface area contributed by atoms with Crippen LogP contribution in [-0.4, -0.2) is 35.1 Å². The highest BCUT2D eigenvalue weighted by Gasteiger charge is 2.61. The molecule has 1 spiro atoms. The number of nitrogens with zero attached hydrogens (tertiary/aromatic N) is 2. The van der Waals surface area contributed by atoms with E-state index in [1.54, 1.807) is 11.8 Å². The number of ketones is 1. The lowest BCUT2D eigenvalue weighted by atomic mass is 9.64. The van der Waals surface area contributed by atoms with Gasteiger partial charge in [-0.05, 0) is 18.1 Å². The lowest BCUT2D eigenvalue weighted by Crippen LogP contribution is -3.15. The first kappa shape index (κ1) is 12.4. The summed E-state index contributed by atoms with van der Waals surface area (Å²) in [4.78, 5) is 24.6. The zero-order chi connectivity index (χ0) is 15.8.